The van der Waals surface area contributed by atoms with Gasteiger partial charge in [-0.05, 0) is 59.9 Å². The summed E-state index contributed by atoms with van der Waals surface area (Å²) in [7, 11) is 1.96. The lowest BCUT2D eigenvalue weighted by atomic mass is 9.53. The minimum atomic E-state index is -1.25. The molecule has 240 valence electrons. The number of hydrogen-bond donors (Lipinski definition) is 1. The average Bonchev–Trinajstić information content (AvgIpc) is 3.09. The Morgan fingerprint density at radius 2 is 1.34 bits per heavy atom. The molecule has 0 aliphatic carbocycles. The van der Waals surface area contributed by atoms with Crippen molar-refractivity contribution in [2.24, 2.45) is 5.41 Å². The summed E-state index contributed by atoms with van der Waals surface area (Å²) in [5.74, 6) is 1.61. The minimum absolute atomic E-state index is 0.245. The van der Waals surface area contributed by atoms with Gasteiger partial charge in [-0.15, -0.1) is 0 Å². The Bertz CT molecular complexity index is 1790. The monoisotopic (exact) mass is 643 g/mol. The molecule has 1 N–H and O–H groups in total. The number of rotatable bonds is 9. The minimum Gasteiger partial charge on any atom is -0.497 e. The molecule has 47 heavy (non-hydrogen) atoms. The van der Waals surface area contributed by atoms with Gasteiger partial charge >= 0.3 is 6.03 Å². The Morgan fingerprint density at radius 1 is 0.787 bits per heavy atom. The molecule has 6 rings (SSSR count). The van der Waals surface area contributed by atoms with Crippen molar-refractivity contribution in [2.45, 2.75) is 45.4 Å². The van der Waals surface area contributed by atoms with Crippen LogP contribution in [0.2, 0.25) is 0 Å². The summed E-state index contributed by atoms with van der Waals surface area (Å²) in [6, 6.07) is 37.8. The molecule has 1 unspecified atom stereocenters. The number of para-hydroxylation sites is 1. The van der Waals surface area contributed by atoms with E-state index in [-0.39, 0.29) is 6.03 Å². The molecule has 9 heteroatoms. The van der Waals surface area contributed by atoms with E-state index < -0.39 is 16.6 Å². The van der Waals surface area contributed by atoms with Crippen LogP contribution in [0.15, 0.2) is 121 Å². The topological polar surface area (TPSA) is 79.8 Å². The molecule has 1 aromatic heterocycles. The fourth-order valence-corrected chi connectivity index (χ4v) is 7.75. The standard InChI is InChI=1S/C38H41N5O3Si/c1-36(2,3)38(28-15-9-6-10-16-28,29-17-11-7-12-18-29)37(4,46-47)43-33-27(25-39-34(41-33)40-30-19-13-8-14-20-30)26-42(35(43)44)31-21-23-32(45-5)24-22-31/h6-25H,26H2,1-5,47H3,(H,39,40,41). The molecule has 0 saturated carbocycles. The second-order valence-electron chi connectivity index (χ2n) is 12.9. The van der Waals surface area contributed by atoms with Crippen molar-refractivity contribution in [1.82, 2.24) is 9.97 Å². The summed E-state index contributed by atoms with van der Waals surface area (Å²) in [5.41, 5.74) is 1.86. The van der Waals surface area contributed by atoms with Crippen LogP contribution in [0.4, 0.5) is 27.9 Å². The van der Waals surface area contributed by atoms with E-state index >= 15 is 4.79 Å². The third kappa shape index (κ3) is 5.45. The number of nitrogens with one attached hydrogen (secondary N) is 1. The molecule has 1 aliphatic heterocycles. The first kappa shape index (κ1) is 32.0. The highest BCUT2D eigenvalue weighted by Gasteiger charge is 2.63. The molecule has 0 fully saturated rings. The maximum atomic E-state index is 15.2. The zero-order valence-electron chi connectivity index (χ0n) is 27.8. The number of fused-ring (bicyclic) bond motifs is 1. The van der Waals surface area contributed by atoms with Crippen molar-refractivity contribution in [3.63, 3.8) is 0 Å². The van der Waals surface area contributed by atoms with Crippen LogP contribution < -0.4 is 19.9 Å². The predicted molar refractivity (Wildman–Crippen MR) is 191 cm³/mol. The van der Waals surface area contributed by atoms with Gasteiger partial charge in [0.05, 0.1) is 19.1 Å². The van der Waals surface area contributed by atoms with Crippen molar-refractivity contribution < 1.29 is 14.0 Å². The molecule has 0 radical (unpaired) electrons. The Labute approximate surface area is 279 Å². The van der Waals surface area contributed by atoms with Gasteiger partial charge in [-0.25, -0.2) is 14.7 Å². The van der Waals surface area contributed by atoms with Crippen LogP contribution in [-0.2, 0) is 16.4 Å². The first-order chi connectivity index (χ1) is 22.6. The van der Waals surface area contributed by atoms with Crippen molar-refractivity contribution >= 4 is 39.7 Å². The normalized spacial score (nSPS) is 14.8. The van der Waals surface area contributed by atoms with E-state index in [0.29, 0.717) is 34.5 Å². The Balaban J connectivity index is 1.63. The van der Waals surface area contributed by atoms with E-state index in [1.807, 2.05) is 97.9 Å². The van der Waals surface area contributed by atoms with Gasteiger partial charge in [-0.2, -0.15) is 4.98 Å². The quantitative estimate of drug-likeness (QED) is 0.171. The van der Waals surface area contributed by atoms with E-state index in [2.05, 4.69) is 50.4 Å². The van der Waals surface area contributed by atoms with Crippen LogP contribution in [0.5, 0.6) is 5.75 Å². The van der Waals surface area contributed by atoms with Gasteiger partial charge in [0.1, 0.15) is 22.1 Å². The van der Waals surface area contributed by atoms with Crippen LogP contribution in [0.25, 0.3) is 0 Å². The Kier molecular flexibility index (Phi) is 8.61. The largest absolute Gasteiger partial charge is 0.497 e. The van der Waals surface area contributed by atoms with Gasteiger partial charge in [-0.3, -0.25) is 4.90 Å². The van der Waals surface area contributed by atoms with E-state index in [1.165, 1.54) is 0 Å². The molecule has 4 aromatic carbocycles. The van der Waals surface area contributed by atoms with Gasteiger partial charge in [0.25, 0.3) is 0 Å². The summed E-state index contributed by atoms with van der Waals surface area (Å²) in [5, 5.41) is 3.33. The zero-order chi connectivity index (χ0) is 33.2. The highest BCUT2D eigenvalue weighted by molar-refractivity contribution is 6.07. The third-order valence-electron chi connectivity index (χ3n) is 9.28. The van der Waals surface area contributed by atoms with Crippen LogP contribution in [-0.4, -0.2) is 39.3 Å². The van der Waals surface area contributed by atoms with Gasteiger partial charge in [0, 0.05) is 23.1 Å². The van der Waals surface area contributed by atoms with E-state index in [4.69, 9.17) is 19.1 Å². The van der Waals surface area contributed by atoms with Crippen molar-refractivity contribution in [3.05, 3.63) is 138 Å². The number of ether oxygens (including phenoxy) is 1. The number of carbonyl (C=O) groups excluding carboxylic acids is 1. The van der Waals surface area contributed by atoms with Crippen molar-refractivity contribution in [1.29, 1.82) is 0 Å². The van der Waals surface area contributed by atoms with E-state index in [0.717, 1.165) is 28.1 Å². The zero-order valence-corrected chi connectivity index (χ0v) is 29.8. The summed E-state index contributed by atoms with van der Waals surface area (Å²) < 4.78 is 12.3. The molecule has 0 spiro atoms. The van der Waals surface area contributed by atoms with Gasteiger partial charge < -0.3 is 14.5 Å². The number of amides is 2. The van der Waals surface area contributed by atoms with Crippen molar-refractivity contribution in [2.75, 3.05) is 22.2 Å². The average molecular weight is 644 g/mol. The summed E-state index contributed by atoms with van der Waals surface area (Å²) in [6.07, 6.45) is 1.81. The fraction of sp³-hybridized carbons (Fsp3) is 0.237. The highest BCUT2D eigenvalue weighted by atomic mass is 28.2. The number of urea groups is 1. The molecule has 8 nitrogen and oxygen atoms in total. The van der Waals surface area contributed by atoms with E-state index in [9.17, 15) is 0 Å². The molecule has 0 bridgehead atoms. The second kappa shape index (κ2) is 12.7. The van der Waals surface area contributed by atoms with Gasteiger partial charge in [-0.1, -0.05) is 99.6 Å². The number of nitrogens with zero attached hydrogens (tertiary/aromatic N) is 4. The van der Waals surface area contributed by atoms with Gasteiger partial charge in [0.2, 0.25) is 5.95 Å². The third-order valence-corrected chi connectivity index (χ3v) is 10.1. The van der Waals surface area contributed by atoms with E-state index in [1.54, 1.807) is 23.1 Å². The lowest BCUT2D eigenvalue weighted by Crippen LogP contribution is -2.71. The molecule has 2 amide bonds. The number of carbonyl (C=O) groups is 1. The molecular formula is C38H41N5O3Si. The molecule has 0 saturated heterocycles. The fourth-order valence-electron chi connectivity index (χ4n) is 7.26. The molecular weight excluding hydrogens is 603 g/mol. The molecule has 1 aliphatic rings. The number of hydrogen-bond acceptors (Lipinski definition) is 6. The molecule has 5 aromatic rings. The maximum absolute atomic E-state index is 15.2. The number of methoxy groups -OCH3 is 1. The highest BCUT2D eigenvalue weighted by Crippen LogP contribution is 2.57. The SMILES string of the molecule is COc1ccc(N2Cc3cnc(Nc4ccccc4)nc3N(C(C)(O[SiH3])C(c3ccccc3)(c3ccccc3)C(C)(C)C)C2=O)cc1. The molecule has 2 heterocycles. The molecule has 1 atom stereocenters. The number of anilines is 4. The first-order valence-electron chi connectivity index (χ1n) is 15.7. The first-order valence-corrected chi connectivity index (χ1v) is 16.6. The summed E-state index contributed by atoms with van der Waals surface area (Å²) >= 11 is 0. The smallest absolute Gasteiger partial charge is 0.332 e. The van der Waals surface area contributed by atoms with Crippen molar-refractivity contribution in [3.8, 4) is 5.75 Å². The lowest BCUT2D eigenvalue weighted by Gasteiger charge is -2.60. The van der Waals surface area contributed by atoms with Gasteiger partial charge in [0.15, 0.2) is 5.72 Å². The Hall–Kier alpha value is -4.99. The maximum Gasteiger partial charge on any atom is 0.332 e. The summed E-state index contributed by atoms with van der Waals surface area (Å²) in [6.45, 7) is 8.97. The van der Waals surface area contributed by atoms with Crippen LogP contribution >= 0.6 is 0 Å². The predicted octanol–water partition coefficient (Wildman–Crippen LogP) is 7.22. The lowest BCUT2D eigenvalue weighted by molar-refractivity contribution is -0.0243. The number of aromatic nitrogens is 2. The second-order valence-corrected chi connectivity index (χ2v) is 13.3. The van der Waals surface area contributed by atoms with Crippen LogP contribution in [0, 0.1) is 5.41 Å². The Morgan fingerprint density at radius 3 is 1.85 bits per heavy atom. The van der Waals surface area contributed by atoms with Crippen LogP contribution in [0.1, 0.15) is 44.4 Å². The number of benzene rings is 4. The van der Waals surface area contributed by atoms with Crippen LogP contribution in [0.3, 0.4) is 0 Å². The summed E-state index contributed by atoms with van der Waals surface area (Å²) in [4.78, 5) is 28.5.